The molecule has 0 aromatic heterocycles. The van der Waals surface area contributed by atoms with Gasteiger partial charge in [0.05, 0.1) is 5.04 Å². The molecule has 0 heterocycles. The molecule has 2 atom stereocenters. The number of rotatable bonds is 7. The summed E-state index contributed by atoms with van der Waals surface area (Å²) in [4.78, 5) is 0. The molecule has 7 heteroatoms. The lowest BCUT2D eigenvalue weighted by Crippen LogP contribution is -2.60. The molecule has 3 nitrogen and oxygen atoms in total. The Balaban J connectivity index is 2.36. The van der Waals surface area contributed by atoms with Crippen molar-refractivity contribution in [2.45, 2.75) is 63.6 Å². The van der Waals surface area contributed by atoms with Crippen LogP contribution in [0.4, 0.5) is 0 Å². The van der Waals surface area contributed by atoms with Gasteiger partial charge in [-0.15, -0.1) is 0 Å². The van der Waals surface area contributed by atoms with Crippen LogP contribution >= 0.6 is 0 Å². The Labute approximate surface area is 130 Å². The highest BCUT2D eigenvalue weighted by Gasteiger charge is 2.64. The number of allylic oxidation sites excluding steroid dienone is 2. The topological polar surface area (TPSA) is 27.7 Å². The molecule has 116 valence electrons. The number of hydrogen-bond donors (Lipinski definition) is 0. The molecule has 0 saturated heterocycles. The van der Waals surface area contributed by atoms with Crippen molar-refractivity contribution < 1.29 is 12.3 Å². The van der Waals surface area contributed by atoms with E-state index in [4.69, 9.17) is 12.3 Å². The molecule has 0 amide bonds. The van der Waals surface area contributed by atoms with Crippen LogP contribution in [0.3, 0.4) is 0 Å². The maximum atomic E-state index is 6.62. The average molecular weight is 347 g/mol. The highest BCUT2D eigenvalue weighted by Crippen LogP contribution is 2.61. The Morgan fingerprint density at radius 3 is 1.70 bits per heavy atom. The van der Waals surface area contributed by atoms with E-state index in [0.717, 1.165) is 5.92 Å². The predicted molar refractivity (Wildman–Crippen MR) is 94.8 cm³/mol. The molecule has 20 heavy (non-hydrogen) atoms. The fourth-order valence-corrected chi connectivity index (χ4v) is 17.2. The van der Waals surface area contributed by atoms with Crippen molar-refractivity contribution in [1.29, 1.82) is 0 Å². The fraction of sp³-hybridized carbons (Fsp3) is 0.846. The highest BCUT2D eigenvalue weighted by molar-refractivity contribution is 6.82. The third-order valence-corrected chi connectivity index (χ3v) is 15.3. The van der Waals surface area contributed by atoms with Crippen molar-refractivity contribution in [2.75, 3.05) is 0 Å². The Kier molecular flexibility index (Phi) is 5.32. The first-order valence-corrected chi connectivity index (χ1v) is 18.1. The normalized spacial score (nSPS) is 29.4. The summed E-state index contributed by atoms with van der Waals surface area (Å²) in [6.45, 7) is 13.5. The van der Waals surface area contributed by atoms with Crippen LogP contribution in [0, 0.1) is 5.92 Å². The van der Waals surface area contributed by atoms with E-state index in [0.29, 0.717) is 0 Å². The minimum absolute atomic E-state index is 0.115. The Morgan fingerprint density at radius 1 is 0.950 bits per heavy atom. The zero-order valence-electron chi connectivity index (χ0n) is 13.8. The summed E-state index contributed by atoms with van der Waals surface area (Å²) >= 11 is 0. The van der Waals surface area contributed by atoms with Crippen molar-refractivity contribution in [1.82, 2.24) is 0 Å². The first-order chi connectivity index (χ1) is 9.28. The third kappa shape index (κ3) is 3.28. The van der Waals surface area contributed by atoms with Crippen LogP contribution in [0.2, 0.25) is 44.3 Å². The summed E-state index contributed by atoms with van der Waals surface area (Å²) in [5, 5.41) is 0.115. The average Bonchev–Trinajstić information content (AvgIpc) is 2.86. The van der Waals surface area contributed by atoms with Crippen molar-refractivity contribution in [3.63, 3.8) is 0 Å². The summed E-state index contributed by atoms with van der Waals surface area (Å²) in [5.41, 5.74) is 0. The van der Waals surface area contributed by atoms with Gasteiger partial charge >= 0.3 is 8.80 Å². The summed E-state index contributed by atoms with van der Waals surface area (Å²) in [6, 6.07) is 0. The molecular weight excluding hydrogens is 316 g/mol. The lowest BCUT2D eigenvalue weighted by molar-refractivity contribution is 0.230. The molecule has 1 fully saturated rings. The van der Waals surface area contributed by atoms with Crippen LogP contribution in [-0.4, -0.2) is 35.9 Å². The third-order valence-electron chi connectivity index (χ3n) is 4.06. The monoisotopic (exact) mass is 346 g/mol. The van der Waals surface area contributed by atoms with Gasteiger partial charge in [0.2, 0.25) is 0 Å². The second-order valence-electron chi connectivity index (χ2n) is 7.07. The molecule has 2 aliphatic carbocycles. The van der Waals surface area contributed by atoms with Crippen LogP contribution in [0.15, 0.2) is 12.2 Å². The molecule has 2 bridgehead atoms. The van der Waals surface area contributed by atoms with Crippen molar-refractivity contribution in [3.8, 4) is 0 Å². The van der Waals surface area contributed by atoms with Crippen molar-refractivity contribution in [3.05, 3.63) is 12.2 Å². The van der Waals surface area contributed by atoms with E-state index in [9.17, 15) is 0 Å². The highest BCUT2D eigenvalue weighted by atomic mass is 28.5. The second-order valence-corrected chi connectivity index (χ2v) is 18.3. The smallest absolute Gasteiger partial charge is 0.419 e. The molecule has 1 saturated carbocycles. The van der Waals surface area contributed by atoms with Crippen LogP contribution < -0.4 is 0 Å². The molecule has 0 spiro atoms. The Bertz CT molecular complexity index is 346. The molecule has 0 radical (unpaired) electrons. The minimum Gasteiger partial charge on any atom is -0.419 e. The first-order valence-electron chi connectivity index (χ1n) is 8.01. The summed E-state index contributed by atoms with van der Waals surface area (Å²) in [5.74, 6) is 0.745. The van der Waals surface area contributed by atoms with Gasteiger partial charge < -0.3 is 12.3 Å². The maximum Gasteiger partial charge on any atom is 0.479 e. The Morgan fingerprint density at radius 2 is 1.45 bits per heavy atom. The standard InChI is InChI=1S/C13H30O3Si4/c1-17(2)14-20(15-18(3)4,16-19(5)6)13-9-7-12(11-13)8-10-13/h7,9,12,17-19H,8,10-11H2,1-6H3. The molecule has 0 aromatic rings. The summed E-state index contributed by atoms with van der Waals surface area (Å²) < 4.78 is 19.8. The quantitative estimate of drug-likeness (QED) is 0.524. The maximum absolute atomic E-state index is 6.62. The first kappa shape index (κ1) is 16.9. The van der Waals surface area contributed by atoms with E-state index >= 15 is 0 Å². The number of fused-ring (bicyclic) bond motifs is 2. The van der Waals surface area contributed by atoms with Crippen molar-refractivity contribution >= 4 is 35.9 Å². The molecule has 0 aromatic carbocycles. The van der Waals surface area contributed by atoms with Gasteiger partial charge in [-0.2, -0.15) is 0 Å². The van der Waals surface area contributed by atoms with Gasteiger partial charge in [-0.05, 0) is 64.5 Å². The molecule has 2 rings (SSSR count). The van der Waals surface area contributed by atoms with Gasteiger partial charge in [0.25, 0.3) is 0 Å². The minimum atomic E-state index is -2.56. The molecule has 0 N–H and O–H groups in total. The van der Waals surface area contributed by atoms with Gasteiger partial charge in [0, 0.05) is 0 Å². The largest absolute Gasteiger partial charge is 0.479 e. The number of hydrogen-bond acceptors (Lipinski definition) is 3. The van der Waals surface area contributed by atoms with Crippen LogP contribution in [-0.2, 0) is 12.3 Å². The van der Waals surface area contributed by atoms with Gasteiger partial charge in [-0.3, -0.25) is 0 Å². The molecule has 0 aliphatic heterocycles. The van der Waals surface area contributed by atoms with Gasteiger partial charge in [0.15, 0.2) is 27.1 Å². The predicted octanol–water partition coefficient (Wildman–Crippen LogP) is 3.04. The van der Waals surface area contributed by atoms with Gasteiger partial charge in [-0.1, -0.05) is 12.2 Å². The zero-order valence-corrected chi connectivity index (χ0v) is 18.3. The van der Waals surface area contributed by atoms with Crippen LogP contribution in [0.1, 0.15) is 19.3 Å². The van der Waals surface area contributed by atoms with Gasteiger partial charge in [-0.25, -0.2) is 0 Å². The fourth-order valence-electron chi connectivity index (χ4n) is 3.50. The van der Waals surface area contributed by atoms with E-state index < -0.39 is 35.9 Å². The summed E-state index contributed by atoms with van der Waals surface area (Å²) in [6.07, 6.45) is 8.53. The zero-order chi connectivity index (χ0) is 15.0. The van der Waals surface area contributed by atoms with E-state index in [2.05, 4.69) is 51.4 Å². The van der Waals surface area contributed by atoms with E-state index in [1.165, 1.54) is 19.3 Å². The van der Waals surface area contributed by atoms with Crippen LogP contribution in [0.25, 0.3) is 0 Å². The van der Waals surface area contributed by atoms with E-state index in [1.807, 2.05) is 0 Å². The molecular formula is C13H30O3Si4. The molecule has 2 aliphatic rings. The van der Waals surface area contributed by atoms with Crippen molar-refractivity contribution in [2.24, 2.45) is 5.92 Å². The lowest BCUT2D eigenvalue weighted by Gasteiger charge is -2.45. The van der Waals surface area contributed by atoms with E-state index in [1.54, 1.807) is 0 Å². The van der Waals surface area contributed by atoms with E-state index in [-0.39, 0.29) is 5.04 Å². The lowest BCUT2D eigenvalue weighted by atomic mass is 10.1. The Hall–Kier alpha value is 0.488. The van der Waals surface area contributed by atoms with Gasteiger partial charge in [0.1, 0.15) is 0 Å². The van der Waals surface area contributed by atoms with Crippen LogP contribution in [0.5, 0.6) is 0 Å². The summed E-state index contributed by atoms with van der Waals surface area (Å²) in [7, 11) is -6.12. The second kappa shape index (κ2) is 6.31. The molecule has 2 unspecified atom stereocenters. The SMILES string of the molecule is C[SiH](C)O[Si](O[SiH](C)C)(O[SiH](C)C)C12C=CC(CC1)C2.